The van der Waals surface area contributed by atoms with Gasteiger partial charge in [-0.25, -0.2) is 4.79 Å². The van der Waals surface area contributed by atoms with Crippen molar-refractivity contribution in [2.45, 2.75) is 0 Å². The Morgan fingerprint density at radius 2 is 1.82 bits per heavy atom. The standard InChI is InChI=1S/C13H9BrO3/c14-10-6-4-9(5-7-10)13(16)17-12-3-1-2-11(15)8-12/h1-8,15H. The normalized spacial score (nSPS) is 9.94. The first-order valence-electron chi connectivity index (χ1n) is 4.92. The van der Waals surface area contributed by atoms with Crippen LogP contribution in [0.25, 0.3) is 0 Å². The minimum Gasteiger partial charge on any atom is -0.508 e. The zero-order valence-electron chi connectivity index (χ0n) is 8.76. The van der Waals surface area contributed by atoms with Crippen molar-refractivity contribution in [3.05, 3.63) is 58.6 Å². The molecule has 0 aliphatic carbocycles. The summed E-state index contributed by atoms with van der Waals surface area (Å²) in [6.07, 6.45) is 0. The highest BCUT2D eigenvalue weighted by Gasteiger charge is 2.08. The van der Waals surface area contributed by atoms with Gasteiger partial charge in [-0.3, -0.25) is 0 Å². The monoisotopic (exact) mass is 292 g/mol. The van der Waals surface area contributed by atoms with Gasteiger partial charge in [0, 0.05) is 10.5 Å². The maximum Gasteiger partial charge on any atom is 0.343 e. The fourth-order valence-electron chi connectivity index (χ4n) is 1.30. The third-order valence-electron chi connectivity index (χ3n) is 2.11. The molecule has 1 N–H and O–H groups in total. The number of hydrogen-bond acceptors (Lipinski definition) is 3. The lowest BCUT2D eigenvalue weighted by molar-refractivity contribution is 0.0734. The summed E-state index contributed by atoms with van der Waals surface area (Å²) >= 11 is 3.29. The summed E-state index contributed by atoms with van der Waals surface area (Å²) in [5.41, 5.74) is 0.455. The zero-order chi connectivity index (χ0) is 12.3. The van der Waals surface area contributed by atoms with Gasteiger partial charge in [0.05, 0.1) is 5.56 Å². The van der Waals surface area contributed by atoms with Crippen molar-refractivity contribution in [3.8, 4) is 11.5 Å². The highest BCUT2D eigenvalue weighted by atomic mass is 79.9. The Bertz CT molecular complexity index is 535. The molecule has 0 atom stereocenters. The molecule has 0 heterocycles. The third-order valence-corrected chi connectivity index (χ3v) is 2.64. The van der Waals surface area contributed by atoms with E-state index in [0.717, 1.165) is 4.47 Å². The van der Waals surface area contributed by atoms with Crippen LogP contribution in [-0.4, -0.2) is 11.1 Å². The predicted octanol–water partition coefficient (Wildman–Crippen LogP) is 3.37. The molecule has 0 aromatic heterocycles. The Morgan fingerprint density at radius 3 is 2.47 bits per heavy atom. The van der Waals surface area contributed by atoms with Crippen LogP contribution in [0.15, 0.2) is 53.0 Å². The average molecular weight is 293 g/mol. The van der Waals surface area contributed by atoms with Crippen LogP contribution in [0, 0.1) is 0 Å². The molecule has 0 amide bonds. The van der Waals surface area contributed by atoms with Crippen LogP contribution in [0.2, 0.25) is 0 Å². The fourth-order valence-corrected chi connectivity index (χ4v) is 1.56. The number of carbonyl (C=O) groups excluding carboxylic acids is 1. The molecule has 0 aliphatic heterocycles. The minimum atomic E-state index is -0.455. The van der Waals surface area contributed by atoms with Crippen LogP contribution in [0.4, 0.5) is 0 Å². The van der Waals surface area contributed by atoms with E-state index in [1.807, 2.05) is 0 Å². The van der Waals surface area contributed by atoms with Crippen LogP contribution >= 0.6 is 15.9 Å². The first kappa shape index (κ1) is 11.7. The van der Waals surface area contributed by atoms with E-state index in [1.54, 1.807) is 36.4 Å². The maximum absolute atomic E-state index is 11.7. The van der Waals surface area contributed by atoms with Gasteiger partial charge in [-0.1, -0.05) is 22.0 Å². The SMILES string of the molecule is O=C(Oc1cccc(O)c1)c1ccc(Br)cc1. The molecule has 17 heavy (non-hydrogen) atoms. The van der Waals surface area contributed by atoms with Gasteiger partial charge in [-0.05, 0) is 36.4 Å². The van der Waals surface area contributed by atoms with Gasteiger partial charge in [-0.15, -0.1) is 0 Å². The highest BCUT2D eigenvalue weighted by Crippen LogP contribution is 2.19. The topological polar surface area (TPSA) is 46.5 Å². The molecular weight excluding hydrogens is 284 g/mol. The predicted molar refractivity (Wildman–Crippen MR) is 67.2 cm³/mol. The Morgan fingerprint density at radius 1 is 1.12 bits per heavy atom. The van der Waals surface area contributed by atoms with Gasteiger partial charge >= 0.3 is 5.97 Å². The molecule has 0 radical (unpaired) electrons. The number of esters is 1. The molecule has 0 fully saturated rings. The van der Waals surface area contributed by atoms with Crippen LogP contribution in [0.5, 0.6) is 11.5 Å². The second-order valence-corrected chi connectivity index (χ2v) is 4.31. The lowest BCUT2D eigenvalue weighted by Crippen LogP contribution is -2.07. The molecule has 86 valence electrons. The number of rotatable bonds is 2. The number of halogens is 1. The van der Waals surface area contributed by atoms with E-state index in [9.17, 15) is 9.90 Å². The van der Waals surface area contributed by atoms with Gasteiger partial charge in [0.2, 0.25) is 0 Å². The van der Waals surface area contributed by atoms with Crippen LogP contribution in [0.3, 0.4) is 0 Å². The second-order valence-electron chi connectivity index (χ2n) is 3.39. The summed E-state index contributed by atoms with van der Waals surface area (Å²) in [5.74, 6) is -0.0767. The van der Waals surface area contributed by atoms with Gasteiger partial charge in [0.15, 0.2) is 0 Å². The molecule has 4 heteroatoms. The summed E-state index contributed by atoms with van der Waals surface area (Å²) in [5, 5.41) is 9.24. The number of benzene rings is 2. The molecule has 0 unspecified atom stereocenters. The Labute approximate surface area is 107 Å². The van der Waals surface area contributed by atoms with Crippen molar-refractivity contribution in [2.24, 2.45) is 0 Å². The first-order valence-corrected chi connectivity index (χ1v) is 5.71. The third kappa shape index (κ3) is 3.07. The lowest BCUT2D eigenvalue weighted by atomic mass is 10.2. The molecule has 3 nitrogen and oxygen atoms in total. The summed E-state index contributed by atoms with van der Waals surface area (Å²) < 4.78 is 6.00. The first-order chi connectivity index (χ1) is 8.15. The summed E-state index contributed by atoms with van der Waals surface area (Å²) in [7, 11) is 0. The van der Waals surface area contributed by atoms with Crippen molar-refractivity contribution in [1.29, 1.82) is 0 Å². The van der Waals surface area contributed by atoms with E-state index in [-0.39, 0.29) is 5.75 Å². The van der Waals surface area contributed by atoms with E-state index in [2.05, 4.69) is 15.9 Å². The number of aromatic hydroxyl groups is 1. The minimum absolute atomic E-state index is 0.0612. The highest BCUT2D eigenvalue weighted by molar-refractivity contribution is 9.10. The van der Waals surface area contributed by atoms with Gasteiger partial charge in [0.25, 0.3) is 0 Å². The van der Waals surface area contributed by atoms with E-state index in [1.165, 1.54) is 12.1 Å². The summed E-state index contributed by atoms with van der Waals surface area (Å²) in [6.45, 7) is 0. The molecule has 0 aliphatic rings. The van der Waals surface area contributed by atoms with Crippen molar-refractivity contribution in [2.75, 3.05) is 0 Å². The smallest absolute Gasteiger partial charge is 0.343 e. The second kappa shape index (κ2) is 5.01. The Balaban J connectivity index is 2.14. The van der Waals surface area contributed by atoms with Crippen LogP contribution in [0.1, 0.15) is 10.4 Å². The van der Waals surface area contributed by atoms with Gasteiger partial charge in [-0.2, -0.15) is 0 Å². The molecular formula is C13H9BrO3. The van der Waals surface area contributed by atoms with E-state index in [4.69, 9.17) is 4.74 Å². The van der Waals surface area contributed by atoms with Crippen molar-refractivity contribution < 1.29 is 14.6 Å². The van der Waals surface area contributed by atoms with Gasteiger partial charge < -0.3 is 9.84 Å². The van der Waals surface area contributed by atoms with Crippen molar-refractivity contribution >= 4 is 21.9 Å². The maximum atomic E-state index is 11.7. The Hall–Kier alpha value is -1.81. The summed E-state index contributed by atoms with van der Waals surface area (Å²) in [4.78, 5) is 11.7. The largest absolute Gasteiger partial charge is 0.508 e. The van der Waals surface area contributed by atoms with E-state index >= 15 is 0 Å². The number of carbonyl (C=O) groups is 1. The average Bonchev–Trinajstić information content (AvgIpc) is 2.29. The van der Waals surface area contributed by atoms with Crippen molar-refractivity contribution in [1.82, 2.24) is 0 Å². The molecule has 0 saturated carbocycles. The molecule has 0 spiro atoms. The number of ether oxygens (including phenoxy) is 1. The molecule has 2 aromatic carbocycles. The Kier molecular flexibility index (Phi) is 3.44. The molecule has 2 rings (SSSR count). The van der Waals surface area contributed by atoms with E-state index in [0.29, 0.717) is 11.3 Å². The van der Waals surface area contributed by atoms with Crippen molar-refractivity contribution in [3.63, 3.8) is 0 Å². The molecule has 0 bridgehead atoms. The molecule has 2 aromatic rings. The quantitative estimate of drug-likeness (QED) is 0.682. The fraction of sp³-hybridized carbons (Fsp3) is 0. The van der Waals surface area contributed by atoms with Crippen LogP contribution in [-0.2, 0) is 0 Å². The lowest BCUT2D eigenvalue weighted by Gasteiger charge is -2.04. The van der Waals surface area contributed by atoms with Crippen LogP contribution < -0.4 is 4.74 Å². The number of phenols is 1. The van der Waals surface area contributed by atoms with Gasteiger partial charge in [0.1, 0.15) is 11.5 Å². The van der Waals surface area contributed by atoms with E-state index < -0.39 is 5.97 Å². The molecule has 0 saturated heterocycles. The number of phenolic OH excluding ortho intramolecular Hbond substituents is 1. The number of hydrogen-bond donors (Lipinski definition) is 1. The zero-order valence-corrected chi connectivity index (χ0v) is 10.3. The summed E-state index contributed by atoms with van der Waals surface area (Å²) in [6, 6.07) is 13.0.